The molecule has 0 aliphatic carbocycles. The van der Waals surface area contributed by atoms with E-state index in [1.54, 1.807) is 19.1 Å². The van der Waals surface area contributed by atoms with Crippen molar-refractivity contribution in [2.24, 2.45) is 0 Å². The van der Waals surface area contributed by atoms with Gasteiger partial charge in [-0.2, -0.15) is 0 Å². The maximum Gasteiger partial charge on any atom is 0.491 e. The highest BCUT2D eigenvalue weighted by molar-refractivity contribution is 6.61. The summed E-state index contributed by atoms with van der Waals surface area (Å²) in [5.74, 6) is 0.107. The molecule has 0 bridgehead atoms. The van der Waals surface area contributed by atoms with Gasteiger partial charge in [0.25, 0.3) is 0 Å². The molecule has 0 saturated carbocycles. The van der Waals surface area contributed by atoms with Gasteiger partial charge in [-0.05, 0) is 29.1 Å². The Bertz CT molecular complexity index is 752. The molecular weight excluding hydrogens is 291 g/mol. The van der Waals surface area contributed by atoms with Gasteiger partial charge in [-0.25, -0.2) is 0 Å². The second-order valence-electron chi connectivity index (χ2n) is 5.87. The number of carbonyl (C=O) groups is 2. The van der Waals surface area contributed by atoms with Crippen LogP contribution in [0.1, 0.15) is 34.0 Å². The summed E-state index contributed by atoms with van der Waals surface area (Å²) in [7, 11) is -0.897. The van der Waals surface area contributed by atoms with E-state index < -0.39 is 7.12 Å². The topological polar surface area (TPSA) is 63.6 Å². The monoisotopic (exact) mass is 308 g/mol. The van der Waals surface area contributed by atoms with Crippen LogP contribution in [0.5, 0.6) is 0 Å². The van der Waals surface area contributed by atoms with E-state index in [9.17, 15) is 14.6 Å². The number of ketones is 2. The van der Waals surface area contributed by atoms with Crippen molar-refractivity contribution in [1.82, 2.24) is 0 Å². The van der Waals surface area contributed by atoms with Crippen LogP contribution in [-0.4, -0.2) is 23.7 Å². The van der Waals surface area contributed by atoms with E-state index in [-0.39, 0.29) is 18.0 Å². The molecule has 0 saturated heterocycles. The summed E-state index contributed by atoms with van der Waals surface area (Å²) in [5.41, 5.74) is 4.09. The Balaban J connectivity index is 1.72. The number of Topliss-reactive ketones (excluding diaryl/α,β-unsaturated/α-hetero) is 2. The minimum absolute atomic E-state index is 0.00716. The van der Waals surface area contributed by atoms with Gasteiger partial charge in [0.15, 0.2) is 5.78 Å². The molecule has 0 amide bonds. The molecular formula is C18H17BO4. The molecule has 1 heterocycles. The Hall–Kier alpha value is -2.24. The second kappa shape index (κ2) is 6.48. The molecule has 1 aliphatic rings. The maximum absolute atomic E-state index is 12.4. The summed E-state index contributed by atoms with van der Waals surface area (Å²) in [6, 6.07) is 12.8. The smallest absolute Gasteiger partial charge is 0.423 e. The zero-order chi connectivity index (χ0) is 16.4. The van der Waals surface area contributed by atoms with Gasteiger partial charge >= 0.3 is 7.12 Å². The van der Waals surface area contributed by atoms with Gasteiger partial charge in [-0.15, -0.1) is 0 Å². The van der Waals surface area contributed by atoms with Crippen LogP contribution < -0.4 is 5.46 Å². The highest BCUT2D eigenvalue weighted by atomic mass is 16.5. The van der Waals surface area contributed by atoms with Crippen molar-refractivity contribution in [2.75, 3.05) is 0 Å². The lowest BCUT2D eigenvalue weighted by atomic mass is 9.78. The van der Waals surface area contributed by atoms with E-state index in [0.29, 0.717) is 18.6 Å². The van der Waals surface area contributed by atoms with Crippen LogP contribution in [0.2, 0.25) is 0 Å². The number of carbonyl (C=O) groups excluding carboxylic acids is 2. The minimum Gasteiger partial charge on any atom is -0.423 e. The van der Waals surface area contributed by atoms with Gasteiger partial charge in [0, 0.05) is 18.4 Å². The summed E-state index contributed by atoms with van der Waals surface area (Å²) in [6.07, 6.45) is 0.656. The van der Waals surface area contributed by atoms with Crippen molar-refractivity contribution in [2.45, 2.75) is 26.4 Å². The molecule has 3 rings (SSSR count). The zero-order valence-corrected chi connectivity index (χ0v) is 12.9. The normalized spacial score (nSPS) is 13.0. The fourth-order valence-corrected chi connectivity index (χ4v) is 2.76. The molecule has 0 atom stereocenters. The van der Waals surface area contributed by atoms with Crippen LogP contribution in [-0.2, 0) is 28.9 Å². The molecule has 0 spiro atoms. The number of rotatable bonds is 5. The highest BCUT2D eigenvalue weighted by Crippen LogP contribution is 2.14. The average molecular weight is 308 g/mol. The summed E-state index contributed by atoms with van der Waals surface area (Å²) >= 11 is 0. The van der Waals surface area contributed by atoms with Crippen molar-refractivity contribution in [3.63, 3.8) is 0 Å². The van der Waals surface area contributed by atoms with Gasteiger partial charge in [0.2, 0.25) is 0 Å². The largest absolute Gasteiger partial charge is 0.491 e. The standard InChI is InChI=1S/C18H17BO4/c1-12(20)8-13-2-5-15(6-3-13)18(21)10-14-4-7-16-11-23-19(22)17(16)9-14/h2-7,9,22H,8,10-11H2,1H3. The van der Waals surface area contributed by atoms with E-state index in [0.717, 1.165) is 22.2 Å². The number of hydrogen-bond acceptors (Lipinski definition) is 4. The Morgan fingerprint density at radius 3 is 2.48 bits per heavy atom. The summed E-state index contributed by atoms with van der Waals surface area (Å²) in [6.45, 7) is 1.95. The Kier molecular flexibility index (Phi) is 4.41. The van der Waals surface area contributed by atoms with E-state index in [1.165, 1.54) is 0 Å². The van der Waals surface area contributed by atoms with Crippen molar-refractivity contribution >= 4 is 24.1 Å². The minimum atomic E-state index is -0.897. The van der Waals surface area contributed by atoms with E-state index in [4.69, 9.17) is 4.65 Å². The summed E-state index contributed by atoms with van der Waals surface area (Å²) in [5, 5.41) is 9.72. The first kappa shape index (κ1) is 15.7. The number of benzene rings is 2. The zero-order valence-electron chi connectivity index (χ0n) is 12.9. The van der Waals surface area contributed by atoms with Gasteiger partial charge < -0.3 is 9.68 Å². The molecule has 5 heteroatoms. The van der Waals surface area contributed by atoms with Crippen LogP contribution >= 0.6 is 0 Å². The second-order valence-corrected chi connectivity index (χ2v) is 5.87. The number of fused-ring (bicyclic) bond motifs is 1. The van der Waals surface area contributed by atoms with E-state index >= 15 is 0 Å². The van der Waals surface area contributed by atoms with Crippen LogP contribution in [0, 0.1) is 0 Å². The third-order valence-electron chi connectivity index (χ3n) is 3.97. The fourth-order valence-electron chi connectivity index (χ4n) is 2.76. The third-order valence-corrected chi connectivity index (χ3v) is 3.97. The van der Waals surface area contributed by atoms with Gasteiger partial charge in [-0.3, -0.25) is 9.59 Å². The van der Waals surface area contributed by atoms with Crippen molar-refractivity contribution in [3.05, 3.63) is 64.7 Å². The average Bonchev–Trinajstić information content (AvgIpc) is 2.88. The van der Waals surface area contributed by atoms with Crippen LogP contribution in [0.25, 0.3) is 0 Å². The Morgan fingerprint density at radius 1 is 1.09 bits per heavy atom. The molecule has 0 fully saturated rings. The van der Waals surface area contributed by atoms with Crippen molar-refractivity contribution in [3.8, 4) is 0 Å². The molecule has 1 aliphatic heterocycles. The number of hydrogen-bond donors (Lipinski definition) is 1. The first-order valence-electron chi connectivity index (χ1n) is 7.56. The van der Waals surface area contributed by atoms with Crippen LogP contribution in [0.15, 0.2) is 42.5 Å². The maximum atomic E-state index is 12.4. The molecule has 0 radical (unpaired) electrons. The first-order valence-corrected chi connectivity index (χ1v) is 7.56. The molecule has 2 aromatic rings. The summed E-state index contributed by atoms with van der Waals surface area (Å²) in [4.78, 5) is 23.5. The first-order chi connectivity index (χ1) is 11.0. The summed E-state index contributed by atoms with van der Waals surface area (Å²) < 4.78 is 5.16. The molecule has 0 unspecified atom stereocenters. The Morgan fingerprint density at radius 2 is 1.78 bits per heavy atom. The Labute approximate surface area is 135 Å². The third kappa shape index (κ3) is 3.58. The lowest BCUT2D eigenvalue weighted by Crippen LogP contribution is -2.28. The van der Waals surface area contributed by atoms with Gasteiger partial charge in [0.1, 0.15) is 5.78 Å². The molecule has 23 heavy (non-hydrogen) atoms. The quantitative estimate of drug-likeness (QED) is 0.671. The SMILES string of the molecule is CC(=O)Cc1ccc(C(=O)Cc2ccc3c(c2)B(O)OC3)cc1. The van der Waals surface area contributed by atoms with E-state index in [1.807, 2.05) is 30.3 Å². The lowest BCUT2D eigenvalue weighted by Gasteiger charge is -2.05. The van der Waals surface area contributed by atoms with Gasteiger partial charge in [0.05, 0.1) is 6.61 Å². The lowest BCUT2D eigenvalue weighted by molar-refractivity contribution is -0.116. The highest BCUT2D eigenvalue weighted by Gasteiger charge is 2.27. The van der Waals surface area contributed by atoms with Crippen molar-refractivity contribution < 1.29 is 19.3 Å². The van der Waals surface area contributed by atoms with Crippen LogP contribution in [0.4, 0.5) is 0 Å². The molecule has 2 aromatic carbocycles. The van der Waals surface area contributed by atoms with Crippen molar-refractivity contribution in [1.29, 1.82) is 0 Å². The molecule has 116 valence electrons. The predicted octanol–water partition coefficient (Wildman–Crippen LogP) is 1.46. The molecule has 4 nitrogen and oxygen atoms in total. The molecule has 0 aromatic heterocycles. The predicted molar refractivity (Wildman–Crippen MR) is 87.7 cm³/mol. The van der Waals surface area contributed by atoms with Crippen LogP contribution in [0.3, 0.4) is 0 Å². The van der Waals surface area contributed by atoms with E-state index in [2.05, 4.69) is 0 Å². The molecule has 1 N–H and O–H groups in total. The fraction of sp³-hybridized carbons (Fsp3) is 0.222. The van der Waals surface area contributed by atoms with Gasteiger partial charge in [-0.1, -0.05) is 42.5 Å².